The van der Waals surface area contributed by atoms with Crippen molar-refractivity contribution in [3.05, 3.63) is 70.2 Å². The van der Waals surface area contributed by atoms with E-state index in [2.05, 4.69) is 5.32 Å². The van der Waals surface area contributed by atoms with Crippen LogP contribution in [0.15, 0.2) is 48.5 Å². The van der Waals surface area contributed by atoms with Crippen molar-refractivity contribution in [3.63, 3.8) is 0 Å². The molecule has 0 saturated carbocycles. The molecule has 0 aromatic heterocycles. The molecule has 0 spiro atoms. The fourth-order valence-corrected chi connectivity index (χ4v) is 2.50. The predicted octanol–water partition coefficient (Wildman–Crippen LogP) is 4.39. The smallest absolute Gasteiger partial charge is 0.416 e. The molecule has 138 valence electrons. The lowest BCUT2D eigenvalue weighted by Crippen LogP contribution is -2.31. The van der Waals surface area contributed by atoms with Crippen LogP contribution in [0, 0.1) is 0 Å². The van der Waals surface area contributed by atoms with E-state index in [9.17, 15) is 22.8 Å². The largest absolute Gasteiger partial charge is 0.452 e. The topological polar surface area (TPSA) is 55.4 Å². The van der Waals surface area contributed by atoms with E-state index in [0.717, 1.165) is 24.3 Å². The Morgan fingerprint density at radius 3 is 2.31 bits per heavy atom. The van der Waals surface area contributed by atoms with Gasteiger partial charge in [-0.3, -0.25) is 4.79 Å². The molecule has 1 atom stereocenters. The van der Waals surface area contributed by atoms with Crippen molar-refractivity contribution in [2.45, 2.75) is 19.1 Å². The van der Waals surface area contributed by atoms with Crippen LogP contribution in [-0.2, 0) is 15.7 Å². The number of carbonyl (C=O) groups is 2. The number of carbonyl (C=O) groups excluding carboxylic acids is 2. The van der Waals surface area contributed by atoms with Crippen LogP contribution in [0.3, 0.4) is 0 Å². The first kappa shape index (κ1) is 19.8. The second kappa shape index (κ2) is 8.23. The third kappa shape index (κ3) is 5.23. The van der Waals surface area contributed by atoms with Gasteiger partial charge < -0.3 is 10.1 Å². The molecule has 2 rings (SSSR count). The minimum Gasteiger partial charge on any atom is -0.452 e. The summed E-state index contributed by atoms with van der Waals surface area (Å²) in [6.07, 6.45) is -4.49. The second-order valence-electron chi connectivity index (χ2n) is 5.46. The summed E-state index contributed by atoms with van der Waals surface area (Å²) in [5.41, 5.74) is -0.248. The maximum absolute atomic E-state index is 12.5. The summed E-state index contributed by atoms with van der Waals surface area (Å²) >= 11 is 6.04. The summed E-state index contributed by atoms with van der Waals surface area (Å²) in [5, 5.41) is 3.11. The van der Waals surface area contributed by atoms with Gasteiger partial charge in [0.1, 0.15) is 0 Å². The summed E-state index contributed by atoms with van der Waals surface area (Å²) in [6.45, 7) is 1.16. The number of alkyl halides is 3. The highest BCUT2D eigenvalue weighted by Crippen LogP contribution is 2.29. The summed E-state index contributed by atoms with van der Waals surface area (Å²) in [5.74, 6) is -1.45. The Kier molecular flexibility index (Phi) is 6.26. The van der Waals surface area contributed by atoms with Gasteiger partial charge in [0, 0.05) is 5.02 Å². The molecule has 2 aromatic carbocycles. The molecule has 8 heteroatoms. The number of ether oxygens (including phenoxy) is 1. The number of benzene rings is 2. The molecule has 0 aliphatic rings. The highest BCUT2D eigenvalue weighted by molar-refractivity contribution is 6.31. The molecule has 26 heavy (non-hydrogen) atoms. The zero-order chi connectivity index (χ0) is 19.3. The van der Waals surface area contributed by atoms with Crippen LogP contribution < -0.4 is 5.32 Å². The van der Waals surface area contributed by atoms with E-state index in [1.807, 2.05) is 0 Å². The summed E-state index contributed by atoms with van der Waals surface area (Å²) in [7, 11) is 0. The molecular formula is C18H15ClF3NO3. The highest BCUT2D eigenvalue weighted by atomic mass is 35.5. The molecular weight excluding hydrogens is 371 g/mol. The lowest BCUT2D eigenvalue weighted by atomic mass is 10.1. The van der Waals surface area contributed by atoms with Crippen molar-refractivity contribution in [3.8, 4) is 0 Å². The maximum Gasteiger partial charge on any atom is 0.416 e. The third-order valence-electron chi connectivity index (χ3n) is 3.53. The van der Waals surface area contributed by atoms with Crippen molar-refractivity contribution >= 4 is 23.5 Å². The van der Waals surface area contributed by atoms with Crippen LogP contribution in [0.5, 0.6) is 0 Å². The second-order valence-corrected chi connectivity index (χ2v) is 5.87. The number of hydrogen-bond donors (Lipinski definition) is 1. The molecule has 1 amide bonds. The first-order chi connectivity index (χ1) is 12.2. The molecule has 0 bridgehead atoms. The minimum atomic E-state index is -4.49. The number of hydrogen-bond acceptors (Lipinski definition) is 3. The van der Waals surface area contributed by atoms with Gasteiger partial charge in [-0.2, -0.15) is 13.2 Å². The molecule has 4 nitrogen and oxygen atoms in total. The van der Waals surface area contributed by atoms with E-state index in [0.29, 0.717) is 10.6 Å². The van der Waals surface area contributed by atoms with Crippen molar-refractivity contribution in [2.75, 3.05) is 6.61 Å². The quantitative estimate of drug-likeness (QED) is 0.776. The monoisotopic (exact) mass is 385 g/mol. The Hall–Kier alpha value is -2.54. The molecule has 0 fully saturated rings. The van der Waals surface area contributed by atoms with E-state index in [-0.39, 0.29) is 5.56 Å². The van der Waals surface area contributed by atoms with Crippen molar-refractivity contribution < 1.29 is 27.5 Å². The molecule has 0 heterocycles. The number of rotatable bonds is 5. The molecule has 0 aliphatic heterocycles. The van der Waals surface area contributed by atoms with Gasteiger partial charge in [0.2, 0.25) is 0 Å². The Morgan fingerprint density at radius 1 is 1.12 bits per heavy atom. The average Bonchev–Trinajstić information content (AvgIpc) is 2.59. The van der Waals surface area contributed by atoms with E-state index in [4.69, 9.17) is 16.3 Å². The predicted molar refractivity (Wildman–Crippen MR) is 89.7 cm³/mol. The fourth-order valence-electron chi connectivity index (χ4n) is 2.20. The van der Waals surface area contributed by atoms with E-state index in [1.165, 1.54) is 0 Å². The first-order valence-corrected chi connectivity index (χ1v) is 7.94. The van der Waals surface area contributed by atoms with Crippen LogP contribution in [0.1, 0.15) is 34.5 Å². The molecule has 0 radical (unpaired) electrons. The Labute approximate surface area is 152 Å². The summed E-state index contributed by atoms with van der Waals surface area (Å²) in [4.78, 5) is 23.7. The van der Waals surface area contributed by atoms with Gasteiger partial charge in [-0.05, 0) is 42.8 Å². The van der Waals surface area contributed by atoms with Crippen LogP contribution in [0.25, 0.3) is 0 Å². The van der Waals surface area contributed by atoms with Gasteiger partial charge in [0.25, 0.3) is 5.91 Å². The number of halogens is 4. The van der Waals surface area contributed by atoms with Crippen molar-refractivity contribution in [1.29, 1.82) is 0 Å². The minimum absolute atomic E-state index is 0.0787. The summed E-state index contributed by atoms with van der Waals surface area (Å²) < 4.78 is 42.3. The number of amides is 1. The van der Waals surface area contributed by atoms with Crippen LogP contribution in [-0.4, -0.2) is 18.5 Å². The number of esters is 1. The van der Waals surface area contributed by atoms with E-state index < -0.39 is 36.3 Å². The molecule has 1 N–H and O–H groups in total. The Balaban J connectivity index is 1.89. The zero-order valence-corrected chi connectivity index (χ0v) is 14.4. The van der Waals surface area contributed by atoms with Gasteiger partial charge in [-0.1, -0.05) is 29.8 Å². The zero-order valence-electron chi connectivity index (χ0n) is 13.6. The maximum atomic E-state index is 12.5. The fraction of sp³-hybridized carbons (Fsp3) is 0.222. The normalized spacial score (nSPS) is 12.3. The van der Waals surface area contributed by atoms with Gasteiger partial charge >= 0.3 is 12.1 Å². The van der Waals surface area contributed by atoms with Gasteiger partial charge in [0.15, 0.2) is 6.61 Å². The van der Waals surface area contributed by atoms with Crippen LogP contribution in [0.4, 0.5) is 13.2 Å². The lowest BCUT2D eigenvalue weighted by Gasteiger charge is -2.15. The Morgan fingerprint density at radius 2 is 1.73 bits per heavy atom. The molecule has 0 saturated heterocycles. The van der Waals surface area contributed by atoms with Gasteiger partial charge in [0.05, 0.1) is 17.2 Å². The van der Waals surface area contributed by atoms with Crippen LogP contribution >= 0.6 is 11.6 Å². The SMILES string of the molecule is C[C@@H](NC(=O)COC(=O)c1ccc(C(F)(F)F)cc1)c1ccccc1Cl. The summed E-state index contributed by atoms with van der Waals surface area (Å²) in [6, 6.07) is 10.1. The van der Waals surface area contributed by atoms with Crippen LogP contribution in [0.2, 0.25) is 5.02 Å². The molecule has 2 aromatic rings. The van der Waals surface area contributed by atoms with Gasteiger partial charge in [-0.15, -0.1) is 0 Å². The lowest BCUT2D eigenvalue weighted by molar-refractivity contribution is -0.137. The number of nitrogens with one attached hydrogen (secondary N) is 1. The van der Waals surface area contributed by atoms with E-state index in [1.54, 1.807) is 31.2 Å². The van der Waals surface area contributed by atoms with Crippen molar-refractivity contribution in [1.82, 2.24) is 5.32 Å². The Bertz CT molecular complexity index is 791. The average molecular weight is 386 g/mol. The highest BCUT2D eigenvalue weighted by Gasteiger charge is 2.30. The molecule has 0 aliphatic carbocycles. The third-order valence-corrected chi connectivity index (χ3v) is 3.88. The van der Waals surface area contributed by atoms with E-state index >= 15 is 0 Å². The first-order valence-electron chi connectivity index (χ1n) is 7.56. The molecule has 0 unspecified atom stereocenters. The van der Waals surface area contributed by atoms with Crippen molar-refractivity contribution in [2.24, 2.45) is 0 Å². The standard InChI is InChI=1S/C18H15ClF3NO3/c1-11(14-4-2-3-5-15(14)19)23-16(24)10-26-17(25)12-6-8-13(9-7-12)18(20,21)22/h2-9,11H,10H2,1H3,(H,23,24)/t11-/m1/s1. The van der Waals surface area contributed by atoms with Gasteiger partial charge in [-0.25, -0.2) is 4.79 Å².